The maximum atomic E-state index is 5.96. The molecule has 17 heavy (non-hydrogen) atoms. The van der Waals surface area contributed by atoms with Crippen molar-refractivity contribution < 1.29 is 0 Å². The Kier molecular flexibility index (Phi) is 5.49. The molecule has 0 fully saturated rings. The molecular weight excluding hydrogens is 236 g/mol. The smallest absolute Gasteiger partial charge is 0.174 e. The minimum atomic E-state index is 0.473. The first kappa shape index (κ1) is 13.5. The molecule has 2 rings (SSSR count). The van der Waals surface area contributed by atoms with Gasteiger partial charge in [-0.1, -0.05) is 25.4 Å². The lowest BCUT2D eigenvalue weighted by Gasteiger charge is -1.98. The van der Waals surface area contributed by atoms with E-state index < -0.39 is 0 Å². The normalized spacial score (nSPS) is 9.41. The van der Waals surface area contributed by atoms with Crippen LogP contribution in [0.15, 0.2) is 30.7 Å². The molecule has 0 aliphatic carbocycles. The minimum Gasteiger partial charge on any atom is -0.382 e. The van der Waals surface area contributed by atoms with Crippen molar-refractivity contribution in [2.45, 2.75) is 20.8 Å². The van der Waals surface area contributed by atoms with Crippen LogP contribution in [-0.4, -0.2) is 21.3 Å². The van der Waals surface area contributed by atoms with E-state index in [1.54, 1.807) is 17.1 Å². The first-order chi connectivity index (χ1) is 8.31. The fourth-order valence-electron chi connectivity index (χ4n) is 1.28. The van der Waals surface area contributed by atoms with Gasteiger partial charge in [0.05, 0.1) is 23.8 Å². The summed E-state index contributed by atoms with van der Waals surface area (Å²) in [6, 6.07) is 3.78. The third-order valence-electron chi connectivity index (χ3n) is 1.95. The molecule has 0 radical (unpaired) electrons. The Morgan fingerprint density at radius 3 is 2.76 bits per heavy atom. The third kappa shape index (κ3) is 3.46. The average molecular weight is 253 g/mol. The van der Waals surface area contributed by atoms with Crippen LogP contribution in [0.4, 0.5) is 5.69 Å². The summed E-state index contributed by atoms with van der Waals surface area (Å²) in [4.78, 5) is 4.02. The van der Waals surface area contributed by atoms with Gasteiger partial charge in [0.25, 0.3) is 0 Å². The summed E-state index contributed by atoms with van der Waals surface area (Å²) in [5.41, 5.74) is 1.73. The number of hydrogen-bond donors (Lipinski definition) is 1. The van der Waals surface area contributed by atoms with Crippen LogP contribution < -0.4 is 5.32 Å². The molecule has 0 aliphatic heterocycles. The van der Waals surface area contributed by atoms with E-state index in [1.165, 1.54) is 0 Å². The van der Waals surface area contributed by atoms with E-state index in [0.717, 1.165) is 17.9 Å². The number of nitrogens with one attached hydrogen (secondary N) is 1. The summed E-state index contributed by atoms with van der Waals surface area (Å²) < 4.78 is 1.70. The van der Waals surface area contributed by atoms with Gasteiger partial charge in [0.15, 0.2) is 5.15 Å². The zero-order valence-electron chi connectivity index (χ0n) is 10.3. The van der Waals surface area contributed by atoms with Gasteiger partial charge in [0, 0.05) is 12.7 Å². The molecule has 5 heteroatoms. The lowest BCUT2D eigenvalue weighted by Crippen LogP contribution is -1.96. The van der Waals surface area contributed by atoms with Gasteiger partial charge in [0.2, 0.25) is 0 Å². The van der Waals surface area contributed by atoms with Crippen molar-refractivity contribution in [2.75, 3.05) is 11.9 Å². The van der Waals surface area contributed by atoms with E-state index in [-0.39, 0.29) is 0 Å². The largest absolute Gasteiger partial charge is 0.382 e. The van der Waals surface area contributed by atoms with Crippen molar-refractivity contribution in [1.82, 2.24) is 14.8 Å². The van der Waals surface area contributed by atoms with Crippen LogP contribution in [0.1, 0.15) is 20.8 Å². The number of rotatable bonds is 3. The molecule has 0 saturated heterocycles. The van der Waals surface area contributed by atoms with E-state index in [4.69, 9.17) is 11.6 Å². The maximum absolute atomic E-state index is 5.96. The molecule has 4 nitrogen and oxygen atoms in total. The van der Waals surface area contributed by atoms with E-state index in [9.17, 15) is 0 Å². The molecule has 92 valence electrons. The topological polar surface area (TPSA) is 42.7 Å². The van der Waals surface area contributed by atoms with E-state index in [0.29, 0.717) is 5.15 Å². The second kappa shape index (κ2) is 6.91. The fraction of sp³-hybridized carbons (Fsp3) is 0.333. The monoisotopic (exact) mass is 252 g/mol. The molecule has 0 saturated carbocycles. The van der Waals surface area contributed by atoms with Crippen molar-refractivity contribution in [3.05, 3.63) is 35.9 Å². The van der Waals surface area contributed by atoms with E-state index in [2.05, 4.69) is 15.4 Å². The van der Waals surface area contributed by atoms with Gasteiger partial charge in [-0.05, 0) is 19.1 Å². The highest BCUT2D eigenvalue weighted by atomic mass is 35.5. The molecule has 0 amide bonds. The van der Waals surface area contributed by atoms with Gasteiger partial charge < -0.3 is 5.32 Å². The zero-order chi connectivity index (χ0) is 12.7. The van der Waals surface area contributed by atoms with Crippen LogP contribution in [0.2, 0.25) is 5.15 Å². The summed E-state index contributed by atoms with van der Waals surface area (Å²) in [5, 5.41) is 7.78. The van der Waals surface area contributed by atoms with Crippen molar-refractivity contribution in [3.63, 3.8) is 0 Å². The van der Waals surface area contributed by atoms with Crippen molar-refractivity contribution in [3.8, 4) is 5.69 Å². The fourth-order valence-corrected chi connectivity index (χ4v) is 1.48. The highest BCUT2D eigenvalue weighted by molar-refractivity contribution is 6.32. The molecular formula is C12H17ClN4. The summed E-state index contributed by atoms with van der Waals surface area (Å²) in [7, 11) is 0. The first-order valence-corrected chi connectivity index (χ1v) is 6.08. The highest BCUT2D eigenvalue weighted by Gasteiger charge is 2.06. The molecule has 0 aromatic carbocycles. The second-order valence-electron chi connectivity index (χ2n) is 3.02. The van der Waals surface area contributed by atoms with Crippen LogP contribution in [0.25, 0.3) is 5.69 Å². The van der Waals surface area contributed by atoms with Crippen LogP contribution >= 0.6 is 11.6 Å². The Hall–Kier alpha value is -1.55. The molecule has 2 heterocycles. The van der Waals surface area contributed by atoms with E-state index in [1.807, 2.05) is 39.1 Å². The molecule has 0 bridgehead atoms. The van der Waals surface area contributed by atoms with E-state index >= 15 is 0 Å². The zero-order valence-corrected chi connectivity index (χ0v) is 11.1. The van der Waals surface area contributed by atoms with Crippen LogP contribution in [0.5, 0.6) is 0 Å². The Morgan fingerprint density at radius 1 is 1.41 bits per heavy atom. The lowest BCUT2D eigenvalue weighted by molar-refractivity contribution is 0.874. The Bertz CT molecular complexity index is 439. The molecule has 0 unspecified atom stereocenters. The standard InChI is InChI=1S/C10H11ClN4.C2H6/c1-2-13-9-7-15(14-10(9)11)8-4-3-5-12-6-8;1-2/h3-7,13H,2H2,1H3;1-2H3. The molecule has 0 spiro atoms. The van der Waals surface area contributed by atoms with Crippen LogP contribution in [0, 0.1) is 0 Å². The number of pyridine rings is 1. The predicted octanol–water partition coefficient (Wildman–Crippen LogP) is 3.38. The van der Waals surface area contributed by atoms with Crippen molar-refractivity contribution >= 4 is 17.3 Å². The summed E-state index contributed by atoms with van der Waals surface area (Å²) in [5.74, 6) is 0. The van der Waals surface area contributed by atoms with Crippen LogP contribution in [0.3, 0.4) is 0 Å². The molecule has 0 atom stereocenters. The number of aromatic nitrogens is 3. The molecule has 0 aliphatic rings. The van der Waals surface area contributed by atoms with Crippen molar-refractivity contribution in [2.24, 2.45) is 0 Å². The van der Waals surface area contributed by atoms with Gasteiger partial charge in [0.1, 0.15) is 0 Å². The minimum absolute atomic E-state index is 0.473. The van der Waals surface area contributed by atoms with Gasteiger partial charge in [-0.3, -0.25) is 4.98 Å². The molecule has 2 aromatic rings. The van der Waals surface area contributed by atoms with Gasteiger partial charge >= 0.3 is 0 Å². The Morgan fingerprint density at radius 2 is 2.18 bits per heavy atom. The van der Waals surface area contributed by atoms with Gasteiger partial charge in [-0.15, -0.1) is 0 Å². The number of hydrogen-bond acceptors (Lipinski definition) is 3. The summed E-state index contributed by atoms with van der Waals surface area (Å²) in [6.45, 7) is 6.83. The highest BCUT2D eigenvalue weighted by Crippen LogP contribution is 2.20. The first-order valence-electron chi connectivity index (χ1n) is 5.70. The Labute approximate surface area is 107 Å². The van der Waals surface area contributed by atoms with Crippen molar-refractivity contribution in [1.29, 1.82) is 0 Å². The second-order valence-corrected chi connectivity index (χ2v) is 3.38. The number of halogens is 1. The third-order valence-corrected chi connectivity index (χ3v) is 2.23. The van der Waals surface area contributed by atoms with Crippen LogP contribution in [-0.2, 0) is 0 Å². The number of anilines is 1. The van der Waals surface area contributed by atoms with Gasteiger partial charge in [-0.2, -0.15) is 5.10 Å². The predicted molar refractivity (Wildman–Crippen MR) is 71.9 cm³/mol. The molecule has 1 N–H and O–H groups in total. The number of nitrogens with zero attached hydrogens (tertiary/aromatic N) is 3. The maximum Gasteiger partial charge on any atom is 0.174 e. The summed E-state index contributed by atoms with van der Waals surface area (Å²) >= 11 is 5.96. The van der Waals surface area contributed by atoms with Gasteiger partial charge in [-0.25, -0.2) is 4.68 Å². The lowest BCUT2D eigenvalue weighted by atomic mass is 10.4. The quantitative estimate of drug-likeness (QED) is 0.911. The Balaban J connectivity index is 0.000000686. The molecule has 2 aromatic heterocycles. The summed E-state index contributed by atoms with van der Waals surface area (Å²) in [6.07, 6.45) is 5.31. The average Bonchev–Trinajstić information content (AvgIpc) is 2.75. The SMILES string of the molecule is CC.CCNc1cn(-c2cccnc2)nc1Cl.